The van der Waals surface area contributed by atoms with Crippen molar-refractivity contribution in [3.63, 3.8) is 0 Å². The van der Waals surface area contributed by atoms with Gasteiger partial charge in [0.15, 0.2) is 5.78 Å². The van der Waals surface area contributed by atoms with Crippen LogP contribution in [0.5, 0.6) is 0 Å². The van der Waals surface area contributed by atoms with Crippen LogP contribution in [0, 0.1) is 0 Å². The van der Waals surface area contributed by atoms with E-state index in [2.05, 4.69) is 38.8 Å². The standard InChI is InChI=1S/C13H10Br2OS/c1-2-8-4-3-5-9(6-8)12(16)10-7-11(14)17-13(10)15/h3-7H,2H2,1H3. The number of hydrogen-bond acceptors (Lipinski definition) is 2. The molecule has 0 aliphatic rings. The summed E-state index contributed by atoms with van der Waals surface area (Å²) in [6, 6.07) is 9.65. The summed E-state index contributed by atoms with van der Waals surface area (Å²) in [7, 11) is 0. The Kier molecular flexibility index (Phi) is 4.17. The highest BCUT2D eigenvalue weighted by Gasteiger charge is 2.15. The molecule has 0 unspecified atom stereocenters. The lowest BCUT2D eigenvalue weighted by molar-refractivity contribution is 0.103. The summed E-state index contributed by atoms with van der Waals surface area (Å²) in [5.74, 6) is 0.0640. The maximum atomic E-state index is 12.3. The second kappa shape index (κ2) is 5.46. The molecule has 0 spiro atoms. The number of hydrogen-bond donors (Lipinski definition) is 0. The van der Waals surface area contributed by atoms with Gasteiger partial charge in [-0.05, 0) is 56.0 Å². The Hall–Kier alpha value is -0.450. The zero-order valence-electron chi connectivity index (χ0n) is 9.17. The summed E-state index contributed by atoms with van der Waals surface area (Å²) in [6.45, 7) is 2.08. The molecule has 1 heterocycles. The van der Waals surface area contributed by atoms with Gasteiger partial charge in [-0.1, -0.05) is 25.1 Å². The molecule has 1 aromatic heterocycles. The Labute approximate surface area is 121 Å². The van der Waals surface area contributed by atoms with E-state index in [1.807, 2.05) is 30.3 Å². The number of thiophene rings is 1. The summed E-state index contributed by atoms with van der Waals surface area (Å²) in [4.78, 5) is 12.3. The Morgan fingerprint density at radius 3 is 2.65 bits per heavy atom. The lowest BCUT2D eigenvalue weighted by atomic mass is 10.0. The van der Waals surface area contributed by atoms with Crippen LogP contribution >= 0.6 is 43.2 Å². The predicted molar refractivity (Wildman–Crippen MR) is 79.0 cm³/mol. The minimum absolute atomic E-state index is 0.0640. The third-order valence-corrected chi connectivity index (χ3v) is 4.84. The van der Waals surface area contributed by atoms with Gasteiger partial charge in [-0.15, -0.1) is 11.3 Å². The Morgan fingerprint density at radius 1 is 1.29 bits per heavy atom. The topological polar surface area (TPSA) is 17.1 Å². The van der Waals surface area contributed by atoms with E-state index in [-0.39, 0.29) is 5.78 Å². The molecule has 88 valence electrons. The molecule has 0 radical (unpaired) electrons. The summed E-state index contributed by atoms with van der Waals surface area (Å²) < 4.78 is 1.83. The molecule has 0 N–H and O–H groups in total. The van der Waals surface area contributed by atoms with Crippen molar-refractivity contribution >= 4 is 49.0 Å². The first-order valence-electron chi connectivity index (χ1n) is 5.20. The van der Waals surface area contributed by atoms with Crippen molar-refractivity contribution in [2.75, 3.05) is 0 Å². The van der Waals surface area contributed by atoms with Gasteiger partial charge in [0.05, 0.1) is 7.57 Å². The van der Waals surface area contributed by atoms with Gasteiger partial charge in [0.1, 0.15) is 0 Å². The molecule has 1 aromatic carbocycles. The molecule has 0 fully saturated rings. The van der Waals surface area contributed by atoms with Crippen molar-refractivity contribution in [2.24, 2.45) is 0 Å². The van der Waals surface area contributed by atoms with E-state index in [1.165, 1.54) is 16.9 Å². The van der Waals surface area contributed by atoms with E-state index in [1.54, 1.807) is 0 Å². The highest BCUT2D eigenvalue weighted by Crippen LogP contribution is 2.33. The number of benzene rings is 1. The van der Waals surface area contributed by atoms with E-state index in [4.69, 9.17) is 0 Å². The highest BCUT2D eigenvalue weighted by atomic mass is 79.9. The van der Waals surface area contributed by atoms with Crippen LogP contribution in [-0.2, 0) is 6.42 Å². The SMILES string of the molecule is CCc1cccc(C(=O)c2cc(Br)sc2Br)c1. The zero-order chi connectivity index (χ0) is 12.4. The molecule has 2 rings (SSSR count). The number of rotatable bonds is 3. The third-order valence-electron chi connectivity index (χ3n) is 2.50. The van der Waals surface area contributed by atoms with Crippen LogP contribution in [0.4, 0.5) is 0 Å². The molecule has 17 heavy (non-hydrogen) atoms. The van der Waals surface area contributed by atoms with Crippen LogP contribution in [0.3, 0.4) is 0 Å². The van der Waals surface area contributed by atoms with E-state index >= 15 is 0 Å². The number of aryl methyl sites for hydroxylation is 1. The van der Waals surface area contributed by atoms with Gasteiger partial charge in [0.25, 0.3) is 0 Å². The predicted octanol–water partition coefficient (Wildman–Crippen LogP) is 5.07. The minimum Gasteiger partial charge on any atom is -0.289 e. The fourth-order valence-corrected chi connectivity index (χ4v) is 4.38. The third kappa shape index (κ3) is 2.87. The average Bonchev–Trinajstić information content (AvgIpc) is 2.67. The lowest BCUT2D eigenvalue weighted by Crippen LogP contribution is -2.00. The molecule has 0 atom stereocenters. The van der Waals surface area contributed by atoms with Gasteiger partial charge in [0, 0.05) is 11.1 Å². The second-order valence-electron chi connectivity index (χ2n) is 3.62. The molecule has 0 amide bonds. The van der Waals surface area contributed by atoms with Crippen LogP contribution in [0.1, 0.15) is 28.4 Å². The van der Waals surface area contributed by atoms with Crippen molar-refractivity contribution < 1.29 is 4.79 Å². The van der Waals surface area contributed by atoms with Gasteiger partial charge >= 0.3 is 0 Å². The van der Waals surface area contributed by atoms with Gasteiger partial charge in [0.2, 0.25) is 0 Å². The molecule has 0 aliphatic carbocycles. The van der Waals surface area contributed by atoms with Crippen molar-refractivity contribution in [3.8, 4) is 0 Å². The largest absolute Gasteiger partial charge is 0.289 e. The maximum absolute atomic E-state index is 12.3. The van der Waals surface area contributed by atoms with Gasteiger partial charge in [-0.25, -0.2) is 0 Å². The molecule has 0 saturated heterocycles. The van der Waals surface area contributed by atoms with Crippen LogP contribution in [0.25, 0.3) is 0 Å². The van der Waals surface area contributed by atoms with Gasteiger partial charge in [-0.3, -0.25) is 4.79 Å². The lowest BCUT2D eigenvalue weighted by Gasteiger charge is -2.02. The fraction of sp³-hybridized carbons (Fsp3) is 0.154. The van der Waals surface area contributed by atoms with Crippen molar-refractivity contribution in [2.45, 2.75) is 13.3 Å². The van der Waals surface area contributed by atoms with Crippen molar-refractivity contribution in [1.29, 1.82) is 0 Å². The van der Waals surface area contributed by atoms with E-state index in [0.717, 1.165) is 25.1 Å². The molecule has 0 aliphatic heterocycles. The zero-order valence-corrected chi connectivity index (χ0v) is 13.2. The summed E-state index contributed by atoms with van der Waals surface area (Å²) in [5.41, 5.74) is 2.65. The van der Waals surface area contributed by atoms with Crippen LogP contribution < -0.4 is 0 Å². The highest BCUT2D eigenvalue weighted by molar-refractivity contribution is 9.12. The second-order valence-corrected chi connectivity index (χ2v) is 7.37. The Balaban J connectivity index is 2.40. The Bertz CT molecular complexity index is 560. The molecule has 2 aromatic rings. The van der Waals surface area contributed by atoms with Crippen LogP contribution in [-0.4, -0.2) is 5.78 Å². The van der Waals surface area contributed by atoms with Crippen molar-refractivity contribution in [1.82, 2.24) is 0 Å². The average molecular weight is 374 g/mol. The summed E-state index contributed by atoms with van der Waals surface area (Å²) >= 11 is 8.32. The number of ketones is 1. The molecule has 4 heteroatoms. The molecule has 1 nitrogen and oxygen atoms in total. The van der Waals surface area contributed by atoms with Crippen molar-refractivity contribution in [3.05, 3.63) is 54.6 Å². The minimum atomic E-state index is 0.0640. The van der Waals surface area contributed by atoms with E-state index < -0.39 is 0 Å². The Morgan fingerprint density at radius 2 is 2.06 bits per heavy atom. The van der Waals surface area contributed by atoms with E-state index in [9.17, 15) is 4.79 Å². The monoisotopic (exact) mass is 372 g/mol. The summed E-state index contributed by atoms with van der Waals surface area (Å²) in [6.07, 6.45) is 0.940. The maximum Gasteiger partial charge on any atom is 0.195 e. The molecular weight excluding hydrogens is 364 g/mol. The smallest absolute Gasteiger partial charge is 0.195 e. The first kappa shape index (κ1) is 13.0. The number of halogens is 2. The molecule has 0 bridgehead atoms. The van der Waals surface area contributed by atoms with E-state index in [0.29, 0.717) is 0 Å². The normalized spacial score (nSPS) is 10.5. The first-order valence-corrected chi connectivity index (χ1v) is 7.60. The molecular formula is C13H10Br2OS. The molecule has 0 saturated carbocycles. The van der Waals surface area contributed by atoms with Crippen LogP contribution in [0.15, 0.2) is 37.9 Å². The number of carbonyl (C=O) groups excluding carboxylic acids is 1. The van der Waals surface area contributed by atoms with Gasteiger partial charge in [-0.2, -0.15) is 0 Å². The van der Waals surface area contributed by atoms with Gasteiger partial charge < -0.3 is 0 Å². The van der Waals surface area contributed by atoms with Crippen LogP contribution in [0.2, 0.25) is 0 Å². The number of carbonyl (C=O) groups is 1. The first-order chi connectivity index (χ1) is 8.11. The summed E-state index contributed by atoms with van der Waals surface area (Å²) in [5, 5.41) is 0. The quantitative estimate of drug-likeness (QED) is 0.686. The fourth-order valence-electron chi connectivity index (χ4n) is 1.58.